The second kappa shape index (κ2) is 8.64. The maximum atomic E-state index is 11.8. The van der Waals surface area contributed by atoms with Crippen LogP contribution in [0.15, 0.2) is 0 Å². The normalized spacial score (nSPS) is 20.4. The molecule has 17 heavy (non-hydrogen) atoms. The van der Waals surface area contributed by atoms with Crippen LogP contribution in [0.4, 0.5) is 4.79 Å². The van der Waals surface area contributed by atoms with Gasteiger partial charge in [-0.15, -0.1) is 0 Å². The van der Waals surface area contributed by atoms with Gasteiger partial charge < -0.3 is 15.3 Å². The highest BCUT2D eigenvalue weighted by Crippen LogP contribution is 2.15. The Balaban J connectivity index is 2.04. The quantitative estimate of drug-likeness (QED) is 0.712. The minimum absolute atomic E-state index is 0.0827. The first-order valence-electron chi connectivity index (χ1n) is 6.45. The van der Waals surface area contributed by atoms with Crippen molar-refractivity contribution < 1.29 is 9.90 Å². The monoisotopic (exact) mass is 260 g/mol. The number of hydrogen-bond acceptors (Lipinski definition) is 3. The van der Waals surface area contributed by atoms with Crippen LogP contribution in [0.25, 0.3) is 0 Å². The standard InChI is InChI=1S/C12H24N2O2S/c1-11-4-2-6-14(10-11)12(16)13-5-9-17-8-3-7-15/h11,15H,2-10H2,1H3,(H,13,16). The molecule has 0 radical (unpaired) electrons. The first-order chi connectivity index (χ1) is 8.24. The van der Waals surface area contributed by atoms with Gasteiger partial charge in [-0.1, -0.05) is 6.92 Å². The summed E-state index contributed by atoms with van der Waals surface area (Å²) >= 11 is 1.77. The number of thioether (sulfide) groups is 1. The van der Waals surface area contributed by atoms with Crippen molar-refractivity contribution in [3.05, 3.63) is 0 Å². The van der Waals surface area contributed by atoms with E-state index in [-0.39, 0.29) is 12.6 Å². The van der Waals surface area contributed by atoms with E-state index in [9.17, 15) is 4.79 Å². The Hall–Kier alpha value is -0.420. The second-order valence-corrected chi connectivity index (χ2v) is 5.84. The molecule has 5 heteroatoms. The van der Waals surface area contributed by atoms with Gasteiger partial charge in [0.2, 0.25) is 0 Å². The molecule has 1 fully saturated rings. The Bertz CT molecular complexity index is 227. The van der Waals surface area contributed by atoms with Crippen LogP contribution in [0, 0.1) is 5.92 Å². The van der Waals surface area contributed by atoms with Gasteiger partial charge in [0.05, 0.1) is 0 Å². The van der Waals surface area contributed by atoms with Crippen molar-refractivity contribution in [1.29, 1.82) is 0 Å². The molecule has 1 aliphatic heterocycles. The van der Waals surface area contributed by atoms with E-state index in [1.54, 1.807) is 11.8 Å². The third-order valence-corrected chi connectivity index (χ3v) is 3.98. The number of aliphatic hydroxyl groups excluding tert-OH is 1. The van der Waals surface area contributed by atoms with Crippen molar-refractivity contribution >= 4 is 17.8 Å². The van der Waals surface area contributed by atoms with Crippen molar-refractivity contribution in [2.45, 2.75) is 26.2 Å². The second-order valence-electron chi connectivity index (χ2n) is 4.61. The molecule has 1 rings (SSSR count). The van der Waals surface area contributed by atoms with Crippen LogP contribution >= 0.6 is 11.8 Å². The number of urea groups is 1. The minimum Gasteiger partial charge on any atom is -0.396 e. The molecule has 1 saturated heterocycles. The van der Waals surface area contributed by atoms with Gasteiger partial charge in [-0.25, -0.2) is 4.79 Å². The number of likely N-dealkylation sites (tertiary alicyclic amines) is 1. The van der Waals surface area contributed by atoms with E-state index >= 15 is 0 Å². The summed E-state index contributed by atoms with van der Waals surface area (Å²) in [6, 6.07) is 0.0827. The van der Waals surface area contributed by atoms with Crippen LogP contribution < -0.4 is 5.32 Å². The summed E-state index contributed by atoms with van der Waals surface area (Å²) in [6.07, 6.45) is 3.20. The molecule has 0 spiro atoms. The molecule has 0 aromatic rings. The first kappa shape index (κ1) is 14.6. The smallest absolute Gasteiger partial charge is 0.317 e. The van der Waals surface area contributed by atoms with Crippen LogP contribution in [0.1, 0.15) is 26.2 Å². The molecular formula is C12H24N2O2S. The van der Waals surface area contributed by atoms with Crippen molar-refractivity contribution in [3.8, 4) is 0 Å². The van der Waals surface area contributed by atoms with E-state index in [1.807, 2.05) is 4.90 Å². The fourth-order valence-electron chi connectivity index (χ4n) is 1.98. The number of nitrogens with one attached hydrogen (secondary N) is 1. The predicted octanol–water partition coefficient (Wildman–Crippen LogP) is 1.54. The number of piperidine rings is 1. The highest BCUT2D eigenvalue weighted by Gasteiger charge is 2.20. The van der Waals surface area contributed by atoms with Gasteiger partial charge in [0.25, 0.3) is 0 Å². The molecule has 1 unspecified atom stereocenters. The van der Waals surface area contributed by atoms with Crippen LogP contribution in [0.3, 0.4) is 0 Å². The number of nitrogens with zero attached hydrogens (tertiary/aromatic N) is 1. The summed E-state index contributed by atoms with van der Waals surface area (Å²) in [5, 5.41) is 11.6. The maximum absolute atomic E-state index is 11.8. The van der Waals surface area contributed by atoms with Crippen LogP contribution in [0.2, 0.25) is 0 Å². The van der Waals surface area contributed by atoms with Gasteiger partial charge in [0, 0.05) is 32.0 Å². The molecule has 0 aromatic carbocycles. The molecule has 2 N–H and O–H groups in total. The predicted molar refractivity (Wildman–Crippen MR) is 72.4 cm³/mol. The zero-order valence-corrected chi connectivity index (χ0v) is 11.5. The van der Waals surface area contributed by atoms with Gasteiger partial charge in [-0.3, -0.25) is 0 Å². The Labute approximate surface area is 108 Å². The van der Waals surface area contributed by atoms with Crippen LogP contribution in [-0.4, -0.2) is 53.8 Å². The van der Waals surface area contributed by atoms with E-state index in [2.05, 4.69) is 12.2 Å². The number of hydrogen-bond donors (Lipinski definition) is 2. The number of rotatable bonds is 6. The summed E-state index contributed by atoms with van der Waals surface area (Å²) in [4.78, 5) is 13.7. The first-order valence-corrected chi connectivity index (χ1v) is 7.61. The SMILES string of the molecule is CC1CCCN(C(=O)NCCSCCCO)C1. The summed E-state index contributed by atoms with van der Waals surface area (Å²) in [7, 11) is 0. The minimum atomic E-state index is 0.0827. The summed E-state index contributed by atoms with van der Waals surface area (Å²) in [5.74, 6) is 2.52. The van der Waals surface area contributed by atoms with Gasteiger partial charge in [-0.2, -0.15) is 11.8 Å². The Morgan fingerprint density at radius 1 is 1.53 bits per heavy atom. The fraction of sp³-hybridized carbons (Fsp3) is 0.917. The molecular weight excluding hydrogens is 236 g/mol. The number of carbonyl (C=O) groups is 1. The third-order valence-electron chi connectivity index (χ3n) is 2.91. The molecule has 1 aliphatic rings. The maximum Gasteiger partial charge on any atom is 0.317 e. The van der Waals surface area contributed by atoms with E-state index in [0.717, 1.165) is 44.0 Å². The molecule has 0 saturated carbocycles. The van der Waals surface area contributed by atoms with E-state index < -0.39 is 0 Å². The molecule has 100 valence electrons. The molecule has 4 nitrogen and oxygen atoms in total. The van der Waals surface area contributed by atoms with Crippen LogP contribution in [0.5, 0.6) is 0 Å². The topological polar surface area (TPSA) is 52.6 Å². The van der Waals surface area contributed by atoms with Crippen molar-refractivity contribution in [3.63, 3.8) is 0 Å². The highest BCUT2D eigenvalue weighted by molar-refractivity contribution is 7.99. The Morgan fingerprint density at radius 3 is 3.06 bits per heavy atom. The van der Waals surface area contributed by atoms with Gasteiger partial charge >= 0.3 is 6.03 Å². The van der Waals surface area contributed by atoms with Gasteiger partial charge in [-0.05, 0) is 30.9 Å². The number of carbonyl (C=O) groups excluding carboxylic acids is 1. The van der Waals surface area contributed by atoms with Crippen molar-refractivity contribution in [2.75, 3.05) is 37.7 Å². The Morgan fingerprint density at radius 2 is 2.35 bits per heavy atom. The summed E-state index contributed by atoms with van der Waals surface area (Å²) < 4.78 is 0. The molecule has 0 aliphatic carbocycles. The lowest BCUT2D eigenvalue weighted by molar-refractivity contribution is 0.170. The summed E-state index contributed by atoms with van der Waals surface area (Å²) in [6.45, 7) is 4.96. The molecule has 2 amide bonds. The third kappa shape index (κ3) is 6.17. The van der Waals surface area contributed by atoms with Gasteiger partial charge in [0.15, 0.2) is 0 Å². The van der Waals surface area contributed by atoms with E-state index in [4.69, 9.17) is 5.11 Å². The van der Waals surface area contributed by atoms with E-state index in [0.29, 0.717) is 5.92 Å². The lowest BCUT2D eigenvalue weighted by Gasteiger charge is -2.30. The van der Waals surface area contributed by atoms with Crippen molar-refractivity contribution in [2.24, 2.45) is 5.92 Å². The highest BCUT2D eigenvalue weighted by atomic mass is 32.2. The zero-order valence-electron chi connectivity index (χ0n) is 10.7. The number of aliphatic hydroxyl groups is 1. The largest absolute Gasteiger partial charge is 0.396 e. The lowest BCUT2D eigenvalue weighted by Crippen LogP contribution is -2.45. The van der Waals surface area contributed by atoms with Gasteiger partial charge in [0.1, 0.15) is 0 Å². The van der Waals surface area contributed by atoms with E-state index in [1.165, 1.54) is 6.42 Å². The Kier molecular flexibility index (Phi) is 7.44. The molecule has 1 atom stereocenters. The molecule has 0 aromatic heterocycles. The zero-order chi connectivity index (χ0) is 12.5. The average Bonchev–Trinajstić information content (AvgIpc) is 2.33. The lowest BCUT2D eigenvalue weighted by atomic mass is 10.0. The molecule has 1 heterocycles. The molecule has 0 bridgehead atoms. The van der Waals surface area contributed by atoms with Crippen LogP contribution in [-0.2, 0) is 0 Å². The summed E-state index contributed by atoms with van der Waals surface area (Å²) in [5.41, 5.74) is 0. The fourth-order valence-corrected chi connectivity index (χ4v) is 2.77. The van der Waals surface area contributed by atoms with Crippen molar-refractivity contribution in [1.82, 2.24) is 10.2 Å². The average molecular weight is 260 g/mol. The number of amides is 2.